The summed E-state index contributed by atoms with van der Waals surface area (Å²) < 4.78 is 3.57. The quantitative estimate of drug-likeness (QED) is 0.788. The average Bonchev–Trinajstić information content (AvgIpc) is 2.94. The van der Waals surface area contributed by atoms with Crippen molar-refractivity contribution in [2.24, 2.45) is 14.1 Å². The predicted octanol–water partition coefficient (Wildman–Crippen LogP) is 2.72. The first-order valence-electron chi connectivity index (χ1n) is 6.14. The van der Waals surface area contributed by atoms with Crippen molar-refractivity contribution in [2.45, 2.75) is 0 Å². The molecule has 2 aromatic heterocycles. The van der Waals surface area contributed by atoms with Crippen LogP contribution in [-0.2, 0) is 14.1 Å². The minimum atomic E-state index is 0.588. The zero-order valence-electron chi connectivity index (χ0n) is 11.2. The second kappa shape index (κ2) is 4.68. The number of hydrogen-bond donors (Lipinski definition) is 1. The Bertz CT molecular complexity index is 772. The van der Waals surface area contributed by atoms with E-state index >= 15 is 0 Å². The van der Waals surface area contributed by atoms with Gasteiger partial charge < -0.3 is 10.3 Å². The second-order valence-corrected chi connectivity index (χ2v) is 5.04. The lowest BCUT2D eigenvalue weighted by atomic mass is 10.1. The maximum Gasteiger partial charge on any atom is 0.161 e. The molecule has 0 fully saturated rings. The molecule has 6 heteroatoms. The van der Waals surface area contributed by atoms with E-state index in [1.54, 1.807) is 10.9 Å². The number of aryl methyl sites for hydroxylation is 2. The highest BCUT2D eigenvalue weighted by Gasteiger charge is 2.20. The molecule has 0 bridgehead atoms. The molecular weight excluding hydrogens is 274 g/mol. The van der Waals surface area contributed by atoms with Crippen molar-refractivity contribution in [1.82, 2.24) is 19.3 Å². The van der Waals surface area contributed by atoms with Crippen molar-refractivity contribution in [1.29, 1.82) is 0 Å². The summed E-state index contributed by atoms with van der Waals surface area (Å²) in [4.78, 5) is 4.35. The third kappa shape index (κ3) is 1.96. The zero-order valence-corrected chi connectivity index (χ0v) is 12.0. The van der Waals surface area contributed by atoms with Gasteiger partial charge in [0.2, 0.25) is 0 Å². The summed E-state index contributed by atoms with van der Waals surface area (Å²) in [5, 5.41) is 5.15. The van der Waals surface area contributed by atoms with Gasteiger partial charge in [0.25, 0.3) is 0 Å². The van der Waals surface area contributed by atoms with Crippen LogP contribution in [0.15, 0.2) is 36.7 Å². The highest BCUT2D eigenvalue weighted by atomic mass is 35.5. The SMILES string of the molecule is Cn1ccnc1-c1nn(C)c(N)c1-c1cccc(Cl)c1. The Morgan fingerprint density at radius 3 is 2.70 bits per heavy atom. The molecule has 0 amide bonds. The number of imidazole rings is 1. The van der Waals surface area contributed by atoms with Crippen LogP contribution in [0.4, 0.5) is 5.82 Å². The molecule has 0 aliphatic rings. The van der Waals surface area contributed by atoms with Gasteiger partial charge in [0.1, 0.15) is 11.5 Å². The Morgan fingerprint density at radius 2 is 2.05 bits per heavy atom. The maximum atomic E-state index is 6.16. The van der Waals surface area contributed by atoms with Crippen molar-refractivity contribution < 1.29 is 0 Å². The monoisotopic (exact) mass is 287 g/mol. The van der Waals surface area contributed by atoms with Crippen LogP contribution < -0.4 is 5.73 Å². The number of nitrogen functional groups attached to an aromatic ring is 1. The molecule has 2 heterocycles. The fourth-order valence-electron chi connectivity index (χ4n) is 2.22. The third-order valence-electron chi connectivity index (χ3n) is 3.24. The fraction of sp³-hybridized carbons (Fsp3) is 0.143. The second-order valence-electron chi connectivity index (χ2n) is 4.60. The number of anilines is 1. The van der Waals surface area contributed by atoms with Crippen molar-refractivity contribution in [3.8, 4) is 22.6 Å². The number of aromatic nitrogens is 4. The van der Waals surface area contributed by atoms with Gasteiger partial charge in [-0.05, 0) is 17.7 Å². The summed E-state index contributed by atoms with van der Waals surface area (Å²) in [6.07, 6.45) is 3.61. The van der Waals surface area contributed by atoms with Gasteiger partial charge >= 0.3 is 0 Å². The van der Waals surface area contributed by atoms with Crippen LogP contribution in [0.3, 0.4) is 0 Å². The summed E-state index contributed by atoms with van der Waals surface area (Å²) in [5.74, 6) is 1.36. The molecular formula is C14H14ClN5. The molecule has 1 aromatic carbocycles. The number of halogens is 1. The fourth-order valence-corrected chi connectivity index (χ4v) is 2.41. The van der Waals surface area contributed by atoms with E-state index in [2.05, 4.69) is 10.1 Å². The van der Waals surface area contributed by atoms with E-state index in [1.165, 1.54) is 0 Å². The smallest absolute Gasteiger partial charge is 0.161 e. The van der Waals surface area contributed by atoms with Crippen LogP contribution in [0.25, 0.3) is 22.6 Å². The van der Waals surface area contributed by atoms with E-state index in [0.29, 0.717) is 10.8 Å². The molecule has 3 aromatic rings. The highest BCUT2D eigenvalue weighted by Crippen LogP contribution is 2.35. The molecule has 2 N–H and O–H groups in total. The predicted molar refractivity (Wildman–Crippen MR) is 80.3 cm³/mol. The maximum absolute atomic E-state index is 6.16. The lowest BCUT2D eigenvalue weighted by molar-refractivity contribution is 0.776. The number of rotatable bonds is 2. The van der Waals surface area contributed by atoms with E-state index in [9.17, 15) is 0 Å². The molecule has 0 atom stereocenters. The molecule has 3 rings (SSSR count). The van der Waals surface area contributed by atoms with Crippen molar-refractivity contribution in [3.05, 3.63) is 41.7 Å². The molecule has 0 aliphatic carbocycles. The van der Waals surface area contributed by atoms with Crippen molar-refractivity contribution in [3.63, 3.8) is 0 Å². The number of nitrogens with zero attached hydrogens (tertiary/aromatic N) is 4. The molecule has 0 radical (unpaired) electrons. The summed E-state index contributed by atoms with van der Waals surface area (Å²) >= 11 is 6.07. The van der Waals surface area contributed by atoms with Gasteiger partial charge in [-0.2, -0.15) is 5.10 Å². The topological polar surface area (TPSA) is 61.7 Å². The van der Waals surface area contributed by atoms with Crippen LogP contribution in [0.2, 0.25) is 5.02 Å². The van der Waals surface area contributed by atoms with E-state index < -0.39 is 0 Å². The first-order chi connectivity index (χ1) is 9.58. The molecule has 0 saturated heterocycles. The van der Waals surface area contributed by atoms with Crippen LogP contribution in [-0.4, -0.2) is 19.3 Å². The molecule has 0 saturated carbocycles. The third-order valence-corrected chi connectivity index (χ3v) is 3.47. The van der Waals surface area contributed by atoms with E-state index in [-0.39, 0.29) is 0 Å². The number of nitrogens with two attached hydrogens (primary N) is 1. The first kappa shape index (κ1) is 12.7. The molecule has 0 spiro atoms. The normalized spacial score (nSPS) is 10.9. The Kier molecular flexibility index (Phi) is 2.99. The van der Waals surface area contributed by atoms with Crippen LogP contribution in [0.5, 0.6) is 0 Å². The van der Waals surface area contributed by atoms with Crippen LogP contribution in [0, 0.1) is 0 Å². The zero-order chi connectivity index (χ0) is 14.3. The van der Waals surface area contributed by atoms with Gasteiger partial charge in [0, 0.05) is 31.5 Å². The molecule has 102 valence electrons. The standard InChI is InChI=1S/C14H14ClN5/c1-19-7-6-17-14(19)12-11(13(16)20(2)18-12)9-4-3-5-10(15)8-9/h3-8H,16H2,1-2H3. The summed E-state index contributed by atoms with van der Waals surface area (Å²) in [7, 11) is 3.74. The number of benzene rings is 1. The van der Waals surface area contributed by atoms with Gasteiger partial charge in [-0.3, -0.25) is 4.68 Å². The molecule has 0 unspecified atom stereocenters. The van der Waals surface area contributed by atoms with E-state index in [1.807, 2.05) is 49.1 Å². The van der Waals surface area contributed by atoms with Gasteiger partial charge in [0.15, 0.2) is 5.82 Å². The summed E-state index contributed by atoms with van der Waals surface area (Å²) in [5.41, 5.74) is 8.69. The molecule has 0 aliphatic heterocycles. The van der Waals surface area contributed by atoms with E-state index in [4.69, 9.17) is 17.3 Å². The van der Waals surface area contributed by atoms with Crippen molar-refractivity contribution >= 4 is 17.4 Å². The summed E-state index contributed by atoms with van der Waals surface area (Å²) in [6, 6.07) is 7.57. The van der Waals surface area contributed by atoms with Gasteiger partial charge in [-0.15, -0.1) is 0 Å². The first-order valence-corrected chi connectivity index (χ1v) is 6.52. The van der Waals surface area contributed by atoms with Crippen molar-refractivity contribution in [2.75, 3.05) is 5.73 Å². The van der Waals surface area contributed by atoms with E-state index in [0.717, 1.165) is 22.6 Å². The van der Waals surface area contributed by atoms with Gasteiger partial charge in [-0.1, -0.05) is 23.7 Å². The Morgan fingerprint density at radius 1 is 1.25 bits per heavy atom. The Hall–Kier alpha value is -2.27. The average molecular weight is 288 g/mol. The summed E-state index contributed by atoms with van der Waals surface area (Å²) in [6.45, 7) is 0. The largest absolute Gasteiger partial charge is 0.383 e. The lowest BCUT2D eigenvalue weighted by Gasteiger charge is -2.05. The Labute approximate surface area is 121 Å². The minimum Gasteiger partial charge on any atom is -0.383 e. The highest BCUT2D eigenvalue weighted by molar-refractivity contribution is 6.30. The lowest BCUT2D eigenvalue weighted by Crippen LogP contribution is -1.98. The Balaban J connectivity index is 2.28. The van der Waals surface area contributed by atoms with Gasteiger partial charge in [0.05, 0.1) is 5.56 Å². The molecule has 20 heavy (non-hydrogen) atoms. The molecule has 5 nitrogen and oxygen atoms in total. The number of hydrogen-bond acceptors (Lipinski definition) is 3. The van der Waals surface area contributed by atoms with Gasteiger partial charge in [-0.25, -0.2) is 4.98 Å². The van der Waals surface area contributed by atoms with Crippen LogP contribution >= 0.6 is 11.6 Å². The minimum absolute atomic E-state index is 0.588. The van der Waals surface area contributed by atoms with Crippen LogP contribution in [0.1, 0.15) is 0 Å².